The Kier molecular flexibility index (Phi) is 6.11. The Morgan fingerprint density at radius 2 is 1.95 bits per heavy atom. The largest absolute Gasteiger partial charge is 0.377 e. The van der Waals surface area contributed by atoms with E-state index in [1.54, 1.807) is 0 Å². The summed E-state index contributed by atoms with van der Waals surface area (Å²) < 4.78 is 6.27. The highest BCUT2D eigenvalue weighted by Crippen LogP contribution is 2.35. The van der Waals surface area contributed by atoms with Gasteiger partial charge in [0.1, 0.15) is 0 Å². The molecule has 0 aromatic heterocycles. The Morgan fingerprint density at radius 3 is 2.63 bits per heavy atom. The van der Waals surface area contributed by atoms with Gasteiger partial charge in [0, 0.05) is 32.7 Å². The van der Waals surface area contributed by atoms with Crippen molar-refractivity contribution in [3.8, 4) is 0 Å². The summed E-state index contributed by atoms with van der Waals surface area (Å²) in [5.74, 6) is 2.38. The van der Waals surface area contributed by atoms with Crippen LogP contribution in [0.5, 0.6) is 0 Å². The van der Waals surface area contributed by atoms with E-state index in [0.29, 0.717) is 6.10 Å². The van der Waals surface area contributed by atoms with E-state index in [-0.39, 0.29) is 0 Å². The first-order valence-electron chi connectivity index (χ1n) is 8.21. The Hall–Kier alpha value is -0.120. The highest BCUT2D eigenvalue weighted by molar-refractivity contribution is 4.81. The molecule has 3 heteroatoms. The van der Waals surface area contributed by atoms with Crippen molar-refractivity contribution in [3.05, 3.63) is 0 Å². The van der Waals surface area contributed by atoms with Gasteiger partial charge in [-0.1, -0.05) is 27.2 Å². The van der Waals surface area contributed by atoms with Crippen molar-refractivity contribution in [1.82, 2.24) is 10.2 Å². The first-order chi connectivity index (χ1) is 9.16. The van der Waals surface area contributed by atoms with Gasteiger partial charge < -0.3 is 10.1 Å². The first kappa shape index (κ1) is 15.3. The molecule has 2 aliphatic rings. The van der Waals surface area contributed by atoms with Gasteiger partial charge in [-0.15, -0.1) is 0 Å². The number of piperazine rings is 1. The quantitative estimate of drug-likeness (QED) is 0.828. The Bertz CT molecular complexity index is 251. The van der Waals surface area contributed by atoms with Crippen molar-refractivity contribution in [3.63, 3.8) is 0 Å². The van der Waals surface area contributed by atoms with Crippen LogP contribution in [0.15, 0.2) is 0 Å². The Labute approximate surface area is 119 Å². The molecule has 0 aromatic rings. The number of ether oxygens (including phenoxy) is 1. The zero-order chi connectivity index (χ0) is 13.7. The average molecular weight is 268 g/mol. The van der Waals surface area contributed by atoms with Gasteiger partial charge >= 0.3 is 0 Å². The van der Waals surface area contributed by atoms with Crippen LogP contribution in [0.2, 0.25) is 0 Å². The maximum absolute atomic E-state index is 6.27. The first-order valence-corrected chi connectivity index (χ1v) is 8.21. The lowest BCUT2D eigenvalue weighted by Crippen LogP contribution is -2.45. The van der Waals surface area contributed by atoms with Gasteiger partial charge in [-0.2, -0.15) is 0 Å². The highest BCUT2D eigenvalue weighted by atomic mass is 16.5. The van der Waals surface area contributed by atoms with Crippen LogP contribution in [0.25, 0.3) is 0 Å². The lowest BCUT2D eigenvalue weighted by molar-refractivity contribution is -0.0448. The van der Waals surface area contributed by atoms with Crippen molar-refractivity contribution < 1.29 is 4.74 Å². The van der Waals surface area contributed by atoms with E-state index in [9.17, 15) is 0 Å². The zero-order valence-corrected chi connectivity index (χ0v) is 13.0. The maximum atomic E-state index is 6.27. The van der Waals surface area contributed by atoms with Gasteiger partial charge in [0.25, 0.3) is 0 Å². The molecule has 1 saturated heterocycles. The predicted octanol–water partition coefficient (Wildman–Crippen LogP) is 2.37. The smallest absolute Gasteiger partial charge is 0.0608 e. The van der Waals surface area contributed by atoms with Crippen LogP contribution >= 0.6 is 0 Å². The molecule has 0 aromatic carbocycles. The molecule has 1 heterocycles. The molecule has 2 rings (SSSR count). The number of nitrogens with one attached hydrogen (secondary N) is 1. The SMILES string of the molecule is CC1CCC(C(C)C)C(OCCN2CCNCC2)C1. The van der Waals surface area contributed by atoms with Gasteiger partial charge in [-0.25, -0.2) is 0 Å². The van der Waals surface area contributed by atoms with Crippen molar-refractivity contribution in [2.45, 2.75) is 46.1 Å². The second-order valence-electron chi connectivity index (χ2n) is 6.83. The van der Waals surface area contributed by atoms with Gasteiger partial charge in [0.2, 0.25) is 0 Å². The van der Waals surface area contributed by atoms with Crippen LogP contribution in [0.3, 0.4) is 0 Å². The minimum Gasteiger partial charge on any atom is -0.377 e. The fourth-order valence-corrected chi connectivity index (χ4v) is 3.57. The summed E-state index contributed by atoms with van der Waals surface area (Å²) >= 11 is 0. The third-order valence-electron chi connectivity index (χ3n) is 4.91. The van der Waals surface area contributed by atoms with Crippen LogP contribution in [-0.2, 0) is 4.74 Å². The molecule has 112 valence electrons. The zero-order valence-electron chi connectivity index (χ0n) is 13.0. The standard InChI is InChI=1S/C16H32N2O/c1-13(2)15-5-4-14(3)12-16(15)19-11-10-18-8-6-17-7-9-18/h13-17H,4-12H2,1-3H3. The second kappa shape index (κ2) is 7.61. The Morgan fingerprint density at radius 1 is 1.21 bits per heavy atom. The molecule has 1 N–H and O–H groups in total. The van der Waals surface area contributed by atoms with E-state index >= 15 is 0 Å². The number of hydrogen-bond donors (Lipinski definition) is 1. The average Bonchev–Trinajstić information content (AvgIpc) is 2.39. The van der Waals surface area contributed by atoms with E-state index in [1.807, 2.05) is 0 Å². The lowest BCUT2D eigenvalue weighted by atomic mass is 9.75. The predicted molar refractivity (Wildman–Crippen MR) is 80.4 cm³/mol. The number of nitrogens with zero attached hydrogens (tertiary/aromatic N) is 1. The minimum atomic E-state index is 0.506. The van der Waals surface area contributed by atoms with Crippen LogP contribution in [0, 0.1) is 17.8 Å². The molecule has 1 saturated carbocycles. The topological polar surface area (TPSA) is 24.5 Å². The molecule has 0 radical (unpaired) electrons. The third-order valence-corrected chi connectivity index (χ3v) is 4.91. The minimum absolute atomic E-state index is 0.506. The highest BCUT2D eigenvalue weighted by Gasteiger charge is 2.31. The number of hydrogen-bond acceptors (Lipinski definition) is 3. The van der Waals surface area contributed by atoms with Crippen molar-refractivity contribution in [2.75, 3.05) is 39.3 Å². The molecular weight excluding hydrogens is 236 g/mol. The van der Waals surface area contributed by atoms with Crippen LogP contribution in [0.4, 0.5) is 0 Å². The molecule has 0 bridgehead atoms. The molecule has 0 spiro atoms. The fraction of sp³-hybridized carbons (Fsp3) is 1.00. The molecule has 3 unspecified atom stereocenters. The van der Waals surface area contributed by atoms with Gasteiger partial charge in [-0.05, 0) is 30.6 Å². The summed E-state index contributed by atoms with van der Waals surface area (Å²) in [6, 6.07) is 0. The summed E-state index contributed by atoms with van der Waals surface area (Å²) in [5, 5.41) is 3.40. The van der Waals surface area contributed by atoms with Crippen LogP contribution in [-0.4, -0.2) is 50.3 Å². The molecule has 1 aliphatic heterocycles. The summed E-state index contributed by atoms with van der Waals surface area (Å²) in [6.45, 7) is 13.7. The van der Waals surface area contributed by atoms with Gasteiger partial charge in [0.15, 0.2) is 0 Å². The van der Waals surface area contributed by atoms with Gasteiger partial charge in [0.05, 0.1) is 12.7 Å². The fourth-order valence-electron chi connectivity index (χ4n) is 3.57. The van der Waals surface area contributed by atoms with E-state index in [2.05, 4.69) is 31.0 Å². The van der Waals surface area contributed by atoms with E-state index in [0.717, 1.165) is 44.0 Å². The van der Waals surface area contributed by atoms with Gasteiger partial charge in [-0.3, -0.25) is 4.90 Å². The molecule has 2 fully saturated rings. The van der Waals surface area contributed by atoms with Crippen LogP contribution < -0.4 is 5.32 Å². The van der Waals surface area contributed by atoms with E-state index in [1.165, 1.54) is 32.4 Å². The summed E-state index contributed by atoms with van der Waals surface area (Å²) in [4.78, 5) is 2.52. The second-order valence-corrected chi connectivity index (χ2v) is 6.83. The van der Waals surface area contributed by atoms with Crippen LogP contribution in [0.1, 0.15) is 40.0 Å². The molecule has 0 amide bonds. The lowest BCUT2D eigenvalue weighted by Gasteiger charge is -2.37. The summed E-state index contributed by atoms with van der Waals surface area (Å²) in [7, 11) is 0. The summed E-state index contributed by atoms with van der Waals surface area (Å²) in [6.07, 6.45) is 4.52. The normalized spacial score (nSPS) is 33.8. The number of rotatable bonds is 5. The molecule has 1 aliphatic carbocycles. The molecular formula is C16H32N2O. The third kappa shape index (κ3) is 4.73. The van der Waals surface area contributed by atoms with E-state index in [4.69, 9.17) is 4.74 Å². The maximum Gasteiger partial charge on any atom is 0.0608 e. The molecule has 3 nitrogen and oxygen atoms in total. The molecule has 3 atom stereocenters. The summed E-state index contributed by atoms with van der Waals surface area (Å²) in [5.41, 5.74) is 0. The van der Waals surface area contributed by atoms with Crippen molar-refractivity contribution >= 4 is 0 Å². The van der Waals surface area contributed by atoms with Crippen molar-refractivity contribution in [1.29, 1.82) is 0 Å². The Balaban J connectivity index is 1.72. The van der Waals surface area contributed by atoms with Crippen molar-refractivity contribution in [2.24, 2.45) is 17.8 Å². The monoisotopic (exact) mass is 268 g/mol. The van der Waals surface area contributed by atoms with E-state index < -0.39 is 0 Å². The molecule has 19 heavy (non-hydrogen) atoms.